The van der Waals surface area contributed by atoms with Gasteiger partial charge in [0.15, 0.2) is 0 Å². The summed E-state index contributed by atoms with van der Waals surface area (Å²) in [7, 11) is 0. The van der Waals surface area contributed by atoms with Crippen LogP contribution in [0.3, 0.4) is 0 Å². The van der Waals surface area contributed by atoms with E-state index < -0.39 is 0 Å². The Morgan fingerprint density at radius 2 is 1.00 bits per heavy atom. The summed E-state index contributed by atoms with van der Waals surface area (Å²) >= 11 is 0. The Hall–Kier alpha value is 0.279. The second kappa shape index (κ2) is 6.40. The van der Waals surface area contributed by atoms with Crippen molar-refractivity contribution < 1.29 is 37.9 Å². The zero-order valence-electron chi connectivity index (χ0n) is 4.40. The largest absolute Gasteiger partial charge is 0.290 e. The molecule has 0 spiro atoms. The summed E-state index contributed by atoms with van der Waals surface area (Å²) < 4.78 is 0. The smallest absolute Gasteiger partial charge is 0.0688 e. The second-order valence-electron chi connectivity index (χ2n) is 1.19. The fourth-order valence-corrected chi connectivity index (χ4v) is 0.179. The summed E-state index contributed by atoms with van der Waals surface area (Å²) in [5.74, 6) is 0. The van der Waals surface area contributed by atoms with Gasteiger partial charge in [-0.25, -0.2) is 0 Å². The molecular formula is C2H8CuN2O4. The van der Waals surface area contributed by atoms with Crippen molar-refractivity contribution in [3.05, 3.63) is 0 Å². The van der Waals surface area contributed by atoms with Gasteiger partial charge in [-0.15, -0.1) is 0 Å². The van der Waals surface area contributed by atoms with Gasteiger partial charge in [-0.2, -0.15) is 0 Å². The number of nitrogens with zero attached hydrogens (tertiary/aromatic N) is 2. The van der Waals surface area contributed by atoms with E-state index in [4.69, 9.17) is 20.8 Å². The molecule has 1 radical (unpaired) electrons. The van der Waals surface area contributed by atoms with E-state index in [9.17, 15) is 0 Å². The summed E-state index contributed by atoms with van der Waals surface area (Å²) in [4.78, 5) is 0. The normalized spacial score (nSPS) is 10.0. The van der Waals surface area contributed by atoms with Crippen LogP contribution in [0.4, 0.5) is 0 Å². The molecule has 0 atom stereocenters. The minimum atomic E-state index is -0.243. The molecule has 0 saturated heterocycles. The number of hydrogen-bond acceptors (Lipinski definition) is 6. The van der Waals surface area contributed by atoms with Gasteiger partial charge in [0, 0.05) is 17.1 Å². The molecule has 0 fully saturated rings. The van der Waals surface area contributed by atoms with Crippen molar-refractivity contribution >= 4 is 0 Å². The predicted octanol–water partition coefficient (Wildman–Crippen LogP) is -0.855. The number of hydrogen-bond donors (Lipinski definition) is 4. The Bertz CT molecular complexity index is 52.5. The van der Waals surface area contributed by atoms with Crippen LogP contribution in [0.5, 0.6) is 0 Å². The Balaban J connectivity index is 0. The molecule has 0 bridgehead atoms. The van der Waals surface area contributed by atoms with E-state index in [-0.39, 0.29) is 40.6 Å². The van der Waals surface area contributed by atoms with E-state index in [1.54, 1.807) is 0 Å². The van der Waals surface area contributed by atoms with Gasteiger partial charge in [-0.3, -0.25) is 20.8 Å². The van der Waals surface area contributed by atoms with Crippen LogP contribution in [0.25, 0.3) is 0 Å². The van der Waals surface area contributed by atoms with Crippen molar-refractivity contribution in [2.24, 2.45) is 0 Å². The first-order valence-corrected chi connectivity index (χ1v) is 1.93. The third-order valence-electron chi connectivity index (χ3n) is 0.500. The maximum Gasteiger partial charge on any atom is 0.0688 e. The van der Waals surface area contributed by atoms with E-state index >= 15 is 0 Å². The van der Waals surface area contributed by atoms with Crippen LogP contribution in [-0.2, 0) is 17.1 Å². The Morgan fingerprint density at radius 3 is 1.11 bits per heavy atom. The maximum atomic E-state index is 7.94. The van der Waals surface area contributed by atoms with Crippen LogP contribution in [0, 0.1) is 0 Å². The van der Waals surface area contributed by atoms with Crippen LogP contribution >= 0.6 is 0 Å². The van der Waals surface area contributed by atoms with Gasteiger partial charge in [0.2, 0.25) is 0 Å². The minimum Gasteiger partial charge on any atom is -0.290 e. The zero-order valence-corrected chi connectivity index (χ0v) is 5.34. The van der Waals surface area contributed by atoms with E-state index in [0.29, 0.717) is 0 Å². The summed E-state index contributed by atoms with van der Waals surface area (Å²) in [6.07, 6.45) is 0. The van der Waals surface area contributed by atoms with Crippen LogP contribution < -0.4 is 0 Å². The molecule has 0 aliphatic carbocycles. The van der Waals surface area contributed by atoms with Crippen molar-refractivity contribution in [1.82, 2.24) is 10.5 Å². The van der Waals surface area contributed by atoms with Crippen LogP contribution in [0.15, 0.2) is 0 Å². The molecule has 0 rings (SSSR count). The molecule has 0 amide bonds. The quantitative estimate of drug-likeness (QED) is 0.340. The van der Waals surface area contributed by atoms with E-state index in [1.807, 2.05) is 0 Å². The SMILES string of the molecule is ON(O)CCN(O)O.[Cu]. The maximum absolute atomic E-state index is 7.94. The summed E-state index contributed by atoms with van der Waals surface area (Å²) in [5.41, 5.74) is 0. The molecule has 0 saturated carbocycles. The zero-order chi connectivity index (χ0) is 6.57. The first-order chi connectivity index (χ1) is 3.63. The second-order valence-corrected chi connectivity index (χ2v) is 1.19. The van der Waals surface area contributed by atoms with Gasteiger partial charge in [0.05, 0.1) is 13.1 Å². The van der Waals surface area contributed by atoms with Gasteiger partial charge < -0.3 is 0 Å². The monoisotopic (exact) mass is 187 g/mol. The Kier molecular flexibility index (Phi) is 8.54. The molecule has 7 heteroatoms. The van der Waals surface area contributed by atoms with Crippen LogP contribution in [0.2, 0.25) is 0 Å². The molecule has 61 valence electrons. The molecule has 6 nitrogen and oxygen atoms in total. The summed E-state index contributed by atoms with van der Waals surface area (Å²) in [5, 5.41) is 31.5. The predicted molar refractivity (Wildman–Crippen MR) is 20.6 cm³/mol. The summed E-state index contributed by atoms with van der Waals surface area (Å²) in [6, 6.07) is 0. The standard InChI is InChI=1S/C2H8N2O4.Cu/c5-3(6)1-2-4(7)8;/h5-8H,1-2H2;. The molecule has 0 aliphatic rings. The first kappa shape index (κ1) is 12.0. The minimum absolute atomic E-state index is 0. The van der Waals surface area contributed by atoms with E-state index in [0.717, 1.165) is 0 Å². The van der Waals surface area contributed by atoms with Crippen molar-refractivity contribution in [2.75, 3.05) is 13.1 Å². The van der Waals surface area contributed by atoms with Gasteiger partial charge >= 0.3 is 0 Å². The van der Waals surface area contributed by atoms with Gasteiger partial charge in [-0.05, 0) is 0 Å². The molecule has 0 unspecified atom stereocenters. The first-order valence-electron chi connectivity index (χ1n) is 1.93. The third-order valence-corrected chi connectivity index (χ3v) is 0.500. The molecule has 0 aliphatic heterocycles. The summed E-state index contributed by atoms with van der Waals surface area (Å²) in [6.45, 7) is -0.486. The van der Waals surface area contributed by atoms with E-state index in [1.165, 1.54) is 0 Å². The topological polar surface area (TPSA) is 87.4 Å². The molecule has 9 heavy (non-hydrogen) atoms. The van der Waals surface area contributed by atoms with E-state index in [2.05, 4.69) is 0 Å². The molecule has 0 aromatic carbocycles. The average Bonchev–Trinajstić information content (AvgIpc) is 1.61. The fourth-order valence-electron chi connectivity index (χ4n) is 0.179. The Labute approximate surface area is 62.2 Å². The van der Waals surface area contributed by atoms with Crippen LogP contribution in [0.1, 0.15) is 0 Å². The molecule has 0 heterocycles. The van der Waals surface area contributed by atoms with Crippen molar-refractivity contribution in [1.29, 1.82) is 0 Å². The third kappa shape index (κ3) is 11.7. The number of rotatable bonds is 3. The van der Waals surface area contributed by atoms with Crippen LogP contribution in [-0.4, -0.2) is 44.4 Å². The van der Waals surface area contributed by atoms with Crippen molar-refractivity contribution in [3.63, 3.8) is 0 Å². The molecule has 0 aromatic heterocycles. The Morgan fingerprint density at radius 1 is 0.778 bits per heavy atom. The van der Waals surface area contributed by atoms with Crippen molar-refractivity contribution in [3.8, 4) is 0 Å². The molecule has 4 N–H and O–H groups in total. The van der Waals surface area contributed by atoms with Gasteiger partial charge in [0.1, 0.15) is 0 Å². The van der Waals surface area contributed by atoms with Crippen molar-refractivity contribution in [2.45, 2.75) is 0 Å². The average molecular weight is 188 g/mol. The van der Waals surface area contributed by atoms with Gasteiger partial charge in [0.25, 0.3) is 0 Å². The van der Waals surface area contributed by atoms with Gasteiger partial charge in [-0.1, -0.05) is 10.5 Å². The molecule has 0 aromatic rings. The number of hydroxylamine groups is 4. The fraction of sp³-hybridized carbons (Fsp3) is 1.00. The molecular weight excluding hydrogens is 180 g/mol.